The van der Waals surface area contributed by atoms with Gasteiger partial charge in [0.1, 0.15) is 12.0 Å². The van der Waals surface area contributed by atoms with Crippen LogP contribution in [0.4, 0.5) is 0 Å². The highest BCUT2D eigenvalue weighted by Gasteiger charge is 2.21. The third kappa shape index (κ3) is 4.94. The van der Waals surface area contributed by atoms with Gasteiger partial charge in [-0.3, -0.25) is 0 Å². The molecular formula is C38H29N3. The lowest BCUT2D eigenvalue weighted by atomic mass is 9.92. The third-order valence-corrected chi connectivity index (χ3v) is 7.61. The average Bonchev–Trinajstić information content (AvgIpc) is 3.05. The Hall–Kier alpha value is -5.28. The third-order valence-electron chi connectivity index (χ3n) is 7.61. The smallest absolute Gasteiger partial charge is 0.159 e. The summed E-state index contributed by atoms with van der Waals surface area (Å²) in [5, 5.41) is 6.07. The number of aliphatic imine (C=N–C) groups is 2. The van der Waals surface area contributed by atoms with Gasteiger partial charge in [-0.1, -0.05) is 151 Å². The van der Waals surface area contributed by atoms with Crippen LogP contribution in [-0.4, -0.2) is 11.7 Å². The molecule has 3 nitrogen and oxygen atoms in total. The summed E-state index contributed by atoms with van der Waals surface area (Å²) in [6.45, 7) is 2.14. The van der Waals surface area contributed by atoms with Crippen molar-refractivity contribution in [3.05, 3.63) is 168 Å². The van der Waals surface area contributed by atoms with Crippen LogP contribution in [0, 0.1) is 6.92 Å². The van der Waals surface area contributed by atoms with Crippen molar-refractivity contribution in [2.45, 2.75) is 13.1 Å². The number of fused-ring (bicyclic) bond motifs is 1. The molecule has 6 aromatic rings. The van der Waals surface area contributed by atoms with Gasteiger partial charge in [0.05, 0.1) is 0 Å². The molecule has 1 atom stereocenters. The van der Waals surface area contributed by atoms with Gasteiger partial charge in [0.25, 0.3) is 0 Å². The number of aryl methyl sites for hydroxylation is 1. The van der Waals surface area contributed by atoms with Crippen molar-refractivity contribution in [1.29, 1.82) is 0 Å². The van der Waals surface area contributed by atoms with Gasteiger partial charge in [-0.15, -0.1) is 0 Å². The summed E-state index contributed by atoms with van der Waals surface area (Å²) >= 11 is 0. The zero-order valence-corrected chi connectivity index (χ0v) is 22.8. The molecule has 7 rings (SSSR count). The summed E-state index contributed by atoms with van der Waals surface area (Å²) in [4.78, 5) is 9.91. The number of amidine groups is 2. The summed E-state index contributed by atoms with van der Waals surface area (Å²) in [5.41, 5.74) is 9.30. The molecule has 1 N–H and O–H groups in total. The van der Waals surface area contributed by atoms with Gasteiger partial charge in [0.15, 0.2) is 5.84 Å². The normalized spacial score (nSPS) is 14.7. The lowest BCUT2D eigenvalue weighted by Gasteiger charge is -2.24. The maximum Gasteiger partial charge on any atom is 0.159 e. The second-order valence-corrected chi connectivity index (χ2v) is 10.4. The Morgan fingerprint density at radius 1 is 0.512 bits per heavy atom. The van der Waals surface area contributed by atoms with Gasteiger partial charge in [-0.2, -0.15) is 0 Å². The molecule has 1 aliphatic heterocycles. The van der Waals surface area contributed by atoms with Gasteiger partial charge in [0, 0.05) is 11.1 Å². The Labute approximate surface area is 240 Å². The topological polar surface area (TPSA) is 36.8 Å². The summed E-state index contributed by atoms with van der Waals surface area (Å²) in [5.74, 6) is 1.56. The second kappa shape index (κ2) is 10.7. The van der Waals surface area contributed by atoms with Crippen molar-refractivity contribution < 1.29 is 0 Å². The largest absolute Gasteiger partial charge is 0.344 e. The van der Waals surface area contributed by atoms with Gasteiger partial charge >= 0.3 is 0 Å². The van der Waals surface area contributed by atoms with E-state index in [0.29, 0.717) is 0 Å². The fourth-order valence-corrected chi connectivity index (χ4v) is 5.55. The van der Waals surface area contributed by atoms with Crippen molar-refractivity contribution >= 4 is 22.4 Å². The number of nitrogens with one attached hydrogen (secondary N) is 1. The molecule has 0 saturated heterocycles. The molecular weight excluding hydrogens is 498 g/mol. The van der Waals surface area contributed by atoms with Crippen molar-refractivity contribution in [3.63, 3.8) is 0 Å². The molecule has 41 heavy (non-hydrogen) atoms. The summed E-state index contributed by atoms with van der Waals surface area (Å²) < 4.78 is 0. The van der Waals surface area contributed by atoms with E-state index in [1.807, 2.05) is 36.4 Å². The van der Waals surface area contributed by atoms with E-state index in [1.165, 1.54) is 38.6 Å². The van der Waals surface area contributed by atoms with E-state index in [0.717, 1.165) is 28.4 Å². The van der Waals surface area contributed by atoms with Crippen LogP contribution in [0.1, 0.15) is 28.4 Å². The molecule has 0 radical (unpaired) electrons. The first kappa shape index (κ1) is 24.7. The van der Waals surface area contributed by atoms with Crippen LogP contribution in [0.15, 0.2) is 156 Å². The van der Waals surface area contributed by atoms with Crippen LogP contribution < -0.4 is 5.32 Å². The molecule has 1 aliphatic rings. The highest BCUT2D eigenvalue weighted by atomic mass is 15.2. The molecule has 1 heterocycles. The fourth-order valence-electron chi connectivity index (χ4n) is 5.55. The predicted molar refractivity (Wildman–Crippen MR) is 171 cm³/mol. The minimum atomic E-state index is -0.243. The lowest BCUT2D eigenvalue weighted by molar-refractivity contribution is 0.674. The van der Waals surface area contributed by atoms with Crippen LogP contribution in [0.5, 0.6) is 0 Å². The summed E-state index contributed by atoms with van der Waals surface area (Å²) in [6, 6.07) is 51.1. The predicted octanol–water partition coefficient (Wildman–Crippen LogP) is 8.98. The van der Waals surface area contributed by atoms with E-state index in [1.54, 1.807) is 0 Å². The second-order valence-electron chi connectivity index (χ2n) is 10.4. The summed E-state index contributed by atoms with van der Waals surface area (Å²) in [7, 11) is 0. The molecule has 0 amide bonds. The minimum Gasteiger partial charge on any atom is -0.344 e. The van der Waals surface area contributed by atoms with Crippen LogP contribution in [-0.2, 0) is 0 Å². The van der Waals surface area contributed by atoms with E-state index >= 15 is 0 Å². The molecule has 0 fully saturated rings. The van der Waals surface area contributed by atoms with E-state index in [2.05, 4.69) is 121 Å². The molecule has 6 aromatic carbocycles. The molecule has 0 bridgehead atoms. The Balaban J connectivity index is 1.25. The zero-order chi connectivity index (χ0) is 27.6. The number of hydrogen-bond acceptors (Lipinski definition) is 3. The number of hydrogen-bond donors (Lipinski definition) is 1. The van der Waals surface area contributed by atoms with Crippen LogP contribution in [0.2, 0.25) is 0 Å². The van der Waals surface area contributed by atoms with E-state index in [-0.39, 0.29) is 6.17 Å². The Kier molecular flexibility index (Phi) is 6.46. The van der Waals surface area contributed by atoms with Crippen molar-refractivity contribution in [3.8, 4) is 22.3 Å². The van der Waals surface area contributed by atoms with E-state index in [9.17, 15) is 0 Å². The average molecular weight is 528 g/mol. The standard InChI is InChI=1S/C38H29N3/c1-26-11-8-16-31(25-26)33-18-10-19-34-32(17-9-20-35(33)34)27-21-23-30(24-22-27)38-40-36(28-12-4-2-5-13-28)39-37(41-38)29-14-6-3-7-15-29/h2-25,38H,1H3,(H,39,40,41). The van der Waals surface area contributed by atoms with Crippen LogP contribution in [0.3, 0.4) is 0 Å². The number of rotatable bonds is 5. The first-order valence-electron chi connectivity index (χ1n) is 14.0. The molecule has 0 aliphatic carbocycles. The first-order chi connectivity index (χ1) is 20.2. The van der Waals surface area contributed by atoms with Crippen LogP contribution >= 0.6 is 0 Å². The van der Waals surface area contributed by atoms with E-state index < -0.39 is 0 Å². The molecule has 0 saturated carbocycles. The fraction of sp³-hybridized carbons (Fsp3) is 0.0526. The van der Waals surface area contributed by atoms with Gasteiger partial charge in [-0.25, -0.2) is 9.98 Å². The molecule has 0 spiro atoms. The monoisotopic (exact) mass is 527 g/mol. The highest BCUT2D eigenvalue weighted by molar-refractivity contribution is 6.13. The first-order valence-corrected chi connectivity index (χ1v) is 14.0. The number of benzene rings is 6. The molecule has 3 heteroatoms. The minimum absolute atomic E-state index is 0.243. The maximum absolute atomic E-state index is 5.02. The Morgan fingerprint density at radius 3 is 1.76 bits per heavy atom. The van der Waals surface area contributed by atoms with Crippen molar-refractivity contribution in [2.24, 2.45) is 9.98 Å². The maximum atomic E-state index is 5.02. The van der Waals surface area contributed by atoms with Crippen molar-refractivity contribution in [2.75, 3.05) is 0 Å². The molecule has 0 aromatic heterocycles. The van der Waals surface area contributed by atoms with Gasteiger partial charge in [-0.05, 0) is 45.5 Å². The van der Waals surface area contributed by atoms with Crippen LogP contribution in [0.25, 0.3) is 33.0 Å². The van der Waals surface area contributed by atoms with Gasteiger partial charge in [0.2, 0.25) is 0 Å². The van der Waals surface area contributed by atoms with E-state index in [4.69, 9.17) is 9.98 Å². The highest BCUT2D eigenvalue weighted by Crippen LogP contribution is 2.35. The van der Waals surface area contributed by atoms with Gasteiger partial charge < -0.3 is 5.32 Å². The van der Waals surface area contributed by atoms with Crippen molar-refractivity contribution in [1.82, 2.24) is 5.32 Å². The SMILES string of the molecule is Cc1cccc(-c2cccc3c(-c4ccc(C5N=C(c6ccccc6)N=C(c6ccccc6)N5)cc4)cccc23)c1. The number of nitrogens with zero attached hydrogens (tertiary/aromatic N) is 2. The zero-order valence-electron chi connectivity index (χ0n) is 22.8. The Morgan fingerprint density at radius 2 is 1.10 bits per heavy atom. The molecule has 196 valence electrons. The summed E-state index contributed by atoms with van der Waals surface area (Å²) in [6.07, 6.45) is -0.243. The Bertz CT molecular complexity index is 1900. The lowest BCUT2D eigenvalue weighted by Crippen LogP contribution is -2.33. The molecule has 1 unspecified atom stereocenters. The quantitative estimate of drug-likeness (QED) is 0.239.